The molecule has 0 aliphatic carbocycles. The van der Waals surface area contributed by atoms with E-state index in [1.165, 1.54) is 0 Å². The summed E-state index contributed by atoms with van der Waals surface area (Å²) in [7, 11) is 4.03. The fourth-order valence-corrected chi connectivity index (χ4v) is 1.93. The number of rotatable bonds is 5. The topological polar surface area (TPSA) is 67.6 Å². The number of amides is 1. The molecule has 1 rings (SSSR count). The normalized spacial score (nSPS) is 17.9. The first kappa shape index (κ1) is 22.2. The second kappa shape index (κ2) is 9.05. The van der Waals surface area contributed by atoms with Crippen molar-refractivity contribution in [2.75, 3.05) is 40.4 Å². The van der Waals surface area contributed by atoms with Crippen LogP contribution < -0.4 is 11.1 Å². The van der Waals surface area contributed by atoms with Crippen molar-refractivity contribution in [3.8, 4) is 0 Å². The number of hydrogen-bond acceptors (Lipinski definition) is 4. The van der Waals surface area contributed by atoms with Crippen LogP contribution in [0.5, 0.6) is 0 Å². The number of nitrogens with zero attached hydrogens (tertiary/aromatic N) is 1. The smallest absolute Gasteiger partial charge is 0.227 e. The summed E-state index contributed by atoms with van der Waals surface area (Å²) in [6, 6.07) is 0. The van der Waals surface area contributed by atoms with Crippen LogP contribution in [0.25, 0.3) is 0 Å². The zero-order valence-corrected chi connectivity index (χ0v) is 14.5. The quantitative estimate of drug-likeness (QED) is 0.790. The van der Waals surface area contributed by atoms with Crippen molar-refractivity contribution in [3.63, 3.8) is 0 Å². The van der Waals surface area contributed by atoms with Crippen LogP contribution in [0.1, 0.15) is 26.7 Å². The molecule has 0 aromatic carbocycles. The minimum absolute atomic E-state index is 0. The van der Waals surface area contributed by atoms with Gasteiger partial charge in [0, 0.05) is 31.8 Å². The lowest BCUT2D eigenvalue weighted by atomic mass is 9.79. The fourth-order valence-electron chi connectivity index (χ4n) is 1.93. The summed E-state index contributed by atoms with van der Waals surface area (Å²) in [5.41, 5.74) is 5.32. The molecule has 0 saturated carbocycles. The third-order valence-electron chi connectivity index (χ3n) is 4.21. The van der Waals surface area contributed by atoms with E-state index in [1.54, 1.807) is 0 Å². The number of nitrogens with one attached hydrogen (secondary N) is 1. The standard InChI is InChI=1S/C13H27N3O2.2ClH/c1-12(2,16(3)4)10-15-11(17)13(9-14)5-7-18-8-6-13;;/h5-10,14H2,1-4H3,(H,15,17);2*1H. The Balaban J connectivity index is 0. The molecule has 0 radical (unpaired) electrons. The van der Waals surface area contributed by atoms with E-state index >= 15 is 0 Å². The highest BCUT2D eigenvalue weighted by Crippen LogP contribution is 2.29. The van der Waals surface area contributed by atoms with Gasteiger partial charge in [0.2, 0.25) is 5.91 Å². The minimum atomic E-state index is -0.430. The Morgan fingerprint density at radius 1 is 1.30 bits per heavy atom. The zero-order valence-electron chi connectivity index (χ0n) is 12.9. The maximum atomic E-state index is 12.4. The molecule has 7 heteroatoms. The molecule has 1 amide bonds. The first-order valence-electron chi connectivity index (χ1n) is 6.58. The SMILES string of the molecule is CN(C)C(C)(C)CNC(=O)C1(CN)CCOCC1.Cl.Cl. The van der Waals surface area contributed by atoms with E-state index in [-0.39, 0.29) is 36.3 Å². The largest absolute Gasteiger partial charge is 0.381 e. The summed E-state index contributed by atoms with van der Waals surface area (Å²) in [4.78, 5) is 14.5. The molecule has 5 nitrogen and oxygen atoms in total. The molecule has 1 aliphatic heterocycles. The van der Waals surface area contributed by atoms with Crippen LogP contribution in [0.15, 0.2) is 0 Å². The first-order chi connectivity index (χ1) is 8.34. The molecule has 0 aromatic heterocycles. The van der Waals surface area contributed by atoms with Gasteiger partial charge in [0.1, 0.15) is 0 Å². The molecule has 0 spiro atoms. The van der Waals surface area contributed by atoms with Crippen LogP contribution in [0.3, 0.4) is 0 Å². The van der Waals surface area contributed by atoms with E-state index in [0.717, 1.165) is 12.8 Å². The number of hydrogen-bond donors (Lipinski definition) is 2. The summed E-state index contributed by atoms with van der Waals surface area (Å²) < 4.78 is 5.32. The van der Waals surface area contributed by atoms with Gasteiger partial charge in [-0.05, 0) is 40.8 Å². The Morgan fingerprint density at radius 2 is 1.80 bits per heavy atom. The number of nitrogens with two attached hydrogens (primary N) is 1. The predicted molar refractivity (Wildman–Crippen MR) is 86.8 cm³/mol. The maximum Gasteiger partial charge on any atom is 0.227 e. The van der Waals surface area contributed by atoms with Gasteiger partial charge >= 0.3 is 0 Å². The number of ether oxygens (including phenoxy) is 1. The predicted octanol–water partition coefficient (Wildman–Crippen LogP) is 1.04. The van der Waals surface area contributed by atoms with Crippen molar-refractivity contribution in [1.82, 2.24) is 10.2 Å². The van der Waals surface area contributed by atoms with Gasteiger partial charge < -0.3 is 20.7 Å². The summed E-state index contributed by atoms with van der Waals surface area (Å²) in [5.74, 6) is 0.0724. The van der Waals surface area contributed by atoms with E-state index < -0.39 is 5.41 Å². The zero-order chi connectivity index (χ0) is 13.8. The fraction of sp³-hybridized carbons (Fsp3) is 0.923. The lowest BCUT2D eigenvalue weighted by Gasteiger charge is -2.37. The molecule has 0 atom stereocenters. The lowest BCUT2D eigenvalue weighted by Crippen LogP contribution is -2.54. The van der Waals surface area contributed by atoms with E-state index in [9.17, 15) is 4.79 Å². The van der Waals surface area contributed by atoms with Crippen LogP contribution in [-0.2, 0) is 9.53 Å². The van der Waals surface area contributed by atoms with E-state index in [4.69, 9.17) is 10.5 Å². The molecule has 1 heterocycles. The van der Waals surface area contributed by atoms with E-state index in [2.05, 4.69) is 24.1 Å². The molecule has 3 N–H and O–H groups in total. The Morgan fingerprint density at radius 3 is 2.20 bits per heavy atom. The summed E-state index contributed by atoms with van der Waals surface area (Å²) in [6.07, 6.45) is 1.44. The van der Waals surface area contributed by atoms with Gasteiger partial charge in [-0.3, -0.25) is 4.79 Å². The molecule has 1 aliphatic rings. The Kier molecular flexibility index (Phi) is 10.1. The number of halogens is 2. The third kappa shape index (κ3) is 5.37. The van der Waals surface area contributed by atoms with Gasteiger partial charge in [-0.2, -0.15) is 0 Å². The highest BCUT2D eigenvalue weighted by atomic mass is 35.5. The molecule has 20 heavy (non-hydrogen) atoms. The number of likely N-dealkylation sites (N-methyl/N-ethyl adjacent to an activating group) is 1. The molecule has 1 saturated heterocycles. The van der Waals surface area contributed by atoms with Crippen LogP contribution in [0.2, 0.25) is 0 Å². The Bertz CT molecular complexity index is 293. The van der Waals surface area contributed by atoms with Gasteiger partial charge in [-0.15, -0.1) is 24.8 Å². The second-order valence-corrected chi connectivity index (χ2v) is 5.99. The highest BCUT2D eigenvalue weighted by Gasteiger charge is 2.39. The van der Waals surface area contributed by atoms with Crippen molar-refractivity contribution in [3.05, 3.63) is 0 Å². The summed E-state index contributed by atoms with van der Waals surface area (Å²) in [5, 5.41) is 3.05. The van der Waals surface area contributed by atoms with Gasteiger partial charge in [0.25, 0.3) is 0 Å². The first-order valence-corrected chi connectivity index (χ1v) is 6.58. The molecule has 0 aromatic rings. The van der Waals surface area contributed by atoms with E-state index in [1.807, 2.05) is 14.1 Å². The molecular formula is C13H29Cl2N3O2. The summed E-state index contributed by atoms with van der Waals surface area (Å²) in [6.45, 7) is 6.48. The van der Waals surface area contributed by atoms with Crippen molar-refractivity contribution in [1.29, 1.82) is 0 Å². The molecule has 0 unspecified atom stereocenters. The number of carbonyl (C=O) groups excluding carboxylic acids is 1. The molecule has 0 bridgehead atoms. The Labute approximate surface area is 134 Å². The van der Waals surface area contributed by atoms with Crippen molar-refractivity contribution >= 4 is 30.7 Å². The maximum absolute atomic E-state index is 12.4. The Hall–Kier alpha value is -0.0700. The molecule has 122 valence electrons. The van der Waals surface area contributed by atoms with Gasteiger partial charge in [0.15, 0.2) is 0 Å². The van der Waals surface area contributed by atoms with Gasteiger partial charge in [-0.25, -0.2) is 0 Å². The van der Waals surface area contributed by atoms with Gasteiger partial charge in [0.05, 0.1) is 5.41 Å². The van der Waals surface area contributed by atoms with Crippen LogP contribution in [0, 0.1) is 5.41 Å². The van der Waals surface area contributed by atoms with Crippen molar-refractivity contribution in [2.24, 2.45) is 11.1 Å². The minimum Gasteiger partial charge on any atom is -0.381 e. The van der Waals surface area contributed by atoms with Crippen molar-refractivity contribution < 1.29 is 9.53 Å². The second-order valence-electron chi connectivity index (χ2n) is 5.99. The van der Waals surface area contributed by atoms with Crippen molar-refractivity contribution in [2.45, 2.75) is 32.2 Å². The monoisotopic (exact) mass is 329 g/mol. The lowest BCUT2D eigenvalue weighted by molar-refractivity contribution is -0.136. The van der Waals surface area contributed by atoms with Crippen LogP contribution >= 0.6 is 24.8 Å². The molecule has 1 fully saturated rings. The summed E-state index contributed by atoms with van der Waals surface area (Å²) >= 11 is 0. The van der Waals surface area contributed by atoms with Crippen LogP contribution in [-0.4, -0.2) is 56.7 Å². The highest BCUT2D eigenvalue weighted by molar-refractivity contribution is 5.85. The van der Waals surface area contributed by atoms with Crippen LogP contribution in [0.4, 0.5) is 0 Å². The molecular weight excluding hydrogens is 301 g/mol. The average molecular weight is 330 g/mol. The van der Waals surface area contributed by atoms with E-state index in [0.29, 0.717) is 26.3 Å². The van der Waals surface area contributed by atoms with Gasteiger partial charge in [-0.1, -0.05) is 0 Å². The third-order valence-corrected chi connectivity index (χ3v) is 4.21. The number of carbonyl (C=O) groups is 1. The average Bonchev–Trinajstić information content (AvgIpc) is 2.36.